The molecule has 290 valence electrons. The summed E-state index contributed by atoms with van der Waals surface area (Å²) in [5, 5.41) is 19.3. The molecule has 3 aliphatic heterocycles. The van der Waals surface area contributed by atoms with Crippen molar-refractivity contribution in [3.63, 3.8) is 0 Å². The number of hydrogen-bond donors (Lipinski definition) is 4. The van der Waals surface area contributed by atoms with Crippen molar-refractivity contribution in [2.75, 3.05) is 42.7 Å². The highest BCUT2D eigenvalue weighted by atomic mass is 33.1. The van der Waals surface area contributed by atoms with Crippen molar-refractivity contribution in [1.82, 2.24) is 16.0 Å². The molecule has 2 aromatic carbocycles. The Bertz CT molecular complexity index is 1850. The third-order valence-corrected chi connectivity index (χ3v) is 11.5. The zero-order chi connectivity index (χ0) is 38.6. The van der Waals surface area contributed by atoms with Gasteiger partial charge in [-0.1, -0.05) is 84.0 Å². The normalized spacial score (nSPS) is 25.4. The third kappa shape index (κ3) is 11.4. The van der Waals surface area contributed by atoms with E-state index in [0.29, 0.717) is 42.2 Å². The van der Waals surface area contributed by atoms with Crippen LogP contribution < -0.4 is 26.3 Å². The molecule has 3 aromatic rings. The molecule has 3 aliphatic rings. The molecule has 4 N–H and O–H groups in total. The highest BCUT2D eigenvalue weighted by Crippen LogP contribution is 2.30. The van der Waals surface area contributed by atoms with Crippen LogP contribution in [0, 0.1) is 5.92 Å². The number of rotatable bonds is 3. The van der Waals surface area contributed by atoms with E-state index < -0.39 is 54.0 Å². The summed E-state index contributed by atoms with van der Waals surface area (Å²) < 4.78 is 16.9. The molecule has 2 saturated heterocycles. The van der Waals surface area contributed by atoms with Crippen LogP contribution >= 0.6 is 21.6 Å². The zero-order valence-corrected chi connectivity index (χ0v) is 32.3. The van der Waals surface area contributed by atoms with E-state index in [2.05, 4.69) is 20.9 Å². The molecule has 0 radical (unpaired) electrons. The van der Waals surface area contributed by atoms with Crippen molar-refractivity contribution in [3.05, 3.63) is 77.0 Å². The molecule has 1 aromatic heterocycles. The topological polar surface area (TPSA) is 177 Å². The summed E-state index contributed by atoms with van der Waals surface area (Å²) in [7, 11) is 3.02. The van der Waals surface area contributed by atoms with E-state index in [9.17, 15) is 29.1 Å². The van der Waals surface area contributed by atoms with Crippen LogP contribution in [0.25, 0.3) is 22.1 Å². The van der Waals surface area contributed by atoms with Gasteiger partial charge in [-0.05, 0) is 37.0 Å². The molecule has 0 aliphatic carbocycles. The number of esters is 1. The van der Waals surface area contributed by atoms with Crippen molar-refractivity contribution < 1.29 is 38.2 Å². The van der Waals surface area contributed by atoms with Crippen LogP contribution in [0.2, 0.25) is 0 Å². The number of nitrogens with zero attached hydrogens (tertiary/aromatic N) is 1. The Labute approximate surface area is 322 Å². The fourth-order valence-corrected chi connectivity index (χ4v) is 8.31. The number of aliphatic hydroxyl groups excluding tert-OH is 1. The van der Waals surface area contributed by atoms with Crippen molar-refractivity contribution in [3.8, 4) is 11.1 Å². The zero-order valence-electron chi connectivity index (χ0n) is 30.7. The van der Waals surface area contributed by atoms with Gasteiger partial charge < -0.3 is 39.8 Å². The molecule has 13 nitrogen and oxygen atoms in total. The number of carbonyl (C=O) groups excluding carboxylic acids is 4. The quantitative estimate of drug-likeness (QED) is 0.172. The second-order valence-corrected chi connectivity index (χ2v) is 16.2. The first-order valence-corrected chi connectivity index (χ1v) is 20.6. The molecule has 54 heavy (non-hydrogen) atoms. The number of morpholine rings is 1. The van der Waals surface area contributed by atoms with Crippen LogP contribution in [0.1, 0.15) is 40.0 Å². The van der Waals surface area contributed by atoms with Crippen molar-refractivity contribution >= 4 is 62.1 Å². The highest BCUT2D eigenvalue weighted by Gasteiger charge is 2.33. The molecule has 4 heterocycles. The maximum Gasteiger partial charge on any atom is 0.309 e. The average molecular weight is 781 g/mol. The van der Waals surface area contributed by atoms with Crippen molar-refractivity contribution in [1.29, 1.82) is 0 Å². The summed E-state index contributed by atoms with van der Waals surface area (Å²) in [5.74, 6) is -0.550. The number of anilines is 1. The van der Waals surface area contributed by atoms with Crippen molar-refractivity contribution in [2.45, 2.75) is 70.4 Å². The van der Waals surface area contributed by atoms with Crippen LogP contribution in [-0.2, 0) is 28.7 Å². The standard InChI is InChI=1S/C20H31N3O6S2.C19H17NO3/c1-11(2)18-15(24)9-17(26)29-13-6-4-5-7-30-31-10-14(20(28)23-18)22-19(27)12(3)21-16(25)8-13;21-17-13-18(20-9-11-22-12-10-20)23-19-15(7-4-8-16(17)19)14-5-2-1-3-6-14/h4,6,11-15,18,24H,5,7-10H2,1-3H3,(H,21,25)(H,22,27)(H,23,28);1-8,13H,9-12H2/b6-4+;/t12-,13-,14-,15+,18-;/m1./s1. The summed E-state index contributed by atoms with van der Waals surface area (Å²) in [6, 6.07) is 14.8. The van der Waals surface area contributed by atoms with Crippen LogP contribution in [0.15, 0.2) is 76.0 Å². The molecule has 0 saturated carbocycles. The SMILES string of the molecule is CC(C)[C@H]1NC(=O)[C@H]2CSSCC/C=C/[C@H](CC(=O)N[C@H](C)C(=O)N2)OC(=O)C[C@@H]1O.O=c1cc(N2CCOCC2)oc2c(-c3ccccc3)cccc12. The first-order chi connectivity index (χ1) is 26.0. The minimum absolute atomic E-state index is 0.00878. The van der Waals surface area contributed by atoms with E-state index in [0.717, 1.165) is 30.0 Å². The lowest BCUT2D eigenvalue weighted by atomic mass is 9.96. The van der Waals surface area contributed by atoms with Gasteiger partial charge in [-0.3, -0.25) is 24.0 Å². The molecule has 2 bridgehead atoms. The number of allylic oxidation sites excluding steroid dienone is 1. The summed E-state index contributed by atoms with van der Waals surface area (Å²) in [6.07, 6.45) is 1.72. The fourth-order valence-electron chi connectivity index (χ4n) is 6.15. The number of nitrogens with one attached hydrogen (secondary N) is 3. The van der Waals surface area contributed by atoms with Crippen LogP contribution in [0.3, 0.4) is 0 Å². The minimum Gasteiger partial charge on any atom is -0.457 e. The van der Waals surface area contributed by atoms with Gasteiger partial charge in [-0.2, -0.15) is 0 Å². The van der Waals surface area contributed by atoms with E-state index in [1.54, 1.807) is 22.9 Å². The van der Waals surface area contributed by atoms with Gasteiger partial charge in [0.05, 0.1) is 43.6 Å². The van der Waals surface area contributed by atoms with Crippen LogP contribution in [0.5, 0.6) is 0 Å². The van der Waals surface area contributed by atoms with Gasteiger partial charge in [0.1, 0.15) is 23.8 Å². The molecule has 0 spiro atoms. The molecular formula is C39H48N4O9S2. The Morgan fingerprint density at radius 2 is 1.65 bits per heavy atom. The van der Waals surface area contributed by atoms with Gasteiger partial charge >= 0.3 is 5.97 Å². The van der Waals surface area contributed by atoms with E-state index in [4.69, 9.17) is 13.9 Å². The van der Waals surface area contributed by atoms with Crippen LogP contribution in [0.4, 0.5) is 5.88 Å². The van der Waals surface area contributed by atoms with E-state index in [1.807, 2.05) is 68.5 Å². The third-order valence-electron chi connectivity index (χ3n) is 9.08. The Morgan fingerprint density at radius 3 is 2.39 bits per heavy atom. The Hall–Kier alpha value is -4.31. The number of benzene rings is 2. The van der Waals surface area contributed by atoms with Crippen LogP contribution in [-0.4, -0.2) is 96.9 Å². The molecule has 3 amide bonds. The first-order valence-electron chi connectivity index (χ1n) is 18.1. The number of amides is 3. The summed E-state index contributed by atoms with van der Waals surface area (Å²) in [5.41, 5.74) is 2.62. The summed E-state index contributed by atoms with van der Waals surface area (Å²) in [6.45, 7) is 7.95. The van der Waals surface area contributed by atoms with Gasteiger partial charge in [0, 0.05) is 36.2 Å². The minimum atomic E-state index is -1.18. The van der Waals surface area contributed by atoms with E-state index in [-0.39, 0.29) is 24.2 Å². The number of para-hydroxylation sites is 1. The summed E-state index contributed by atoms with van der Waals surface area (Å²) >= 11 is 0. The monoisotopic (exact) mass is 780 g/mol. The number of hydrogen-bond acceptors (Lipinski definition) is 12. The molecule has 15 heteroatoms. The smallest absolute Gasteiger partial charge is 0.309 e. The average Bonchev–Trinajstić information content (AvgIpc) is 3.16. The molecule has 0 unspecified atom stereocenters. The maximum absolute atomic E-state index is 13.0. The predicted octanol–water partition coefficient (Wildman–Crippen LogP) is 3.82. The Kier molecular flexibility index (Phi) is 15.0. The van der Waals surface area contributed by atoms with Gasteiger partial charge in [-0.25, -0.2) is 0 Å². The molecule has 2 fully saturated rings. The Balaban J connectivity index is 0.000000216. The Morgan fingerprint density at radius 1 is 0.889 bits per heavy atom. The largest absolute Gasteiger partial charge is 0.457 e. The van der Waals surface area contributed by atoms with E-state index in [1.165, 1.54) is 17.7 Å². The lowest BCUT2D eigenvalue weighted by molar-refractivity contribution is -0.151. The summed E-state index contributed by atoms with van der Waals surface area (Å²) in [4.78, 5) is 65.0. The first kappa shape index (κ1) is 40.9. The van der Waals surface area contributed by atoms with Gasteiger partial charge in [0.2, 0.25) is 17.7 Å². The van der Waals surface area contributed by atoms with Crippen molar-refractivity contribution in [2.24, 2.45) is 5.92 Å². The maximum atomic E-state index is 13.0. The lowest BCUT2D eigenvalue weighted by Crippen LogP contribution is -2.57. The lowest BCUT2D eigenvalue weighted by Gasteiger charge is -2.29. The predicted molar refractivity (Wildman–Crippen MR) is 211 cm³/mol. The second kappa shape index (κ2) is 19.9. The number of aliphatic hydroxyl groups is 1. The number of ether oxygens (including phenoxy) is 2. The van der Waals surface area contributed by atoms with Gasteiger partial charge in [0.15, 0.2) is 11.3 Å². The molecule has 6 rings (SSSR count). The molecular weight excluding hydrogens is 733 g/mol. The van der Waals surface area contributed by atoms with Gasteiger partial charge in [-0.15, -0.1) is 0 Å². The highest BCUT2D eigenvalue weighted by molar-refractivity contribution is 8.76. The number of fused-ring (bicyclic) bond motifs is 8. The fraction of sp³-hybridized carbons (Fsp3) is 0.462. The second-order valence-electron chi connectivity index (χ2n) is 13.6. The van der Waals surface area contributed by atoms with Gasteiger partial charge in [0.25, 0.3) is 0 Å². The molecule has 5 atom stereocenters. The van der Waals surface area contributed by atoms with E-state index >= 15 is 0 Å². The number of carbonyl (C=O) groups is 4.